The lowest BCUT2D eigenvalue weighted by Gasteiger charge is -2.10. The van der Waals surface area contributed by atoms with Crippen molar-refractivity contribution in [2.45, 2.75) is 12.5 Å². The topological polar surface area (TPSA) is 50.9 Å². The van der Waals surface area contributed by atoms with E-state index in [0.717, 1.165) is 22.4 Å². The minimum Gasteiger partial charge on any atom is -0.388 e. The van der Waals surface area contributed by atoms with Crippen molar-refractivity contribution in [2.24, 2.45) is 7.05 Å². The maximum absolute atomic E-state index is 10.3. The Morgan fingerprint density at radius 1 is 1.25 bits per heavy atom. The van der Waals surface area contributed by atoms with Gasteiger partial charge >= 0.3 is 0 Å². The van der Waals surface area contributed by atoms with Gasteiger partial charge in [-0.15, -0.1) is 0 Å². The molecule has 4 nitrogen and oxygen atoms in total. The highest BCUT2D eigenvalue weighted by molar-refractivity contribution is 6.29. The average Bonchev–Trinajstić information content (AvgIpc) is 2.77. The van der Waals surface area contributed by atoms with Crippen molar-refractivity contribution in [1.29, 1.82) is 0 Å². The van der Waals surface area contributed by atoms with Crippen molar-refractivity contribution in [3.63, 3.8) is 0 Å². The van der Waals surface area contributed by atoms with Crippen LogP contribution in [-0.2, 0) is 13.5 Å². The Hall–Kier alpha value is -1.91. The van der Waals surface area contributed by atoms with Crippen molar-refractivity contribution in [1.82, 2.24) is 14.5 Å². The molecule has 1 N–H and O–H groups in total. The summed E-state index contributed by atoms with van der Waals surface area (Å²) < 4.78 is 2.00. The molecule has 0 saturated heterocycles. The molecule has 1 aromatic carbocycles. The average molecular weight is 288 g/mol. The van der Waals surface area contributed by atoms with Crippen LogP contribution in [-0.4, -0.2) is 19.6 Å². The standard InChI is InChI=1S/C15H14ClN3O/c1-19-12-5-3-2-4-11(12)18-15(19)8-13(20)10-6-7-14(16)17-9-10/h2-7,9,13,20H,8H2,1H3. The van der Waals surface area contributed by atoms with Crippen molar-refractivity contribution >= 4 is 22.6 Å². The number of halogens is 1. The minimum absolute atomic E-state index is 0.420. The number of benzene rings is 1. The van der Waals surface area contributed by atoms with E-state index in [2.05, 4.69) is 9.97 Å². The number of nitrogens with zero attached hydrogens (tertiary/aromatic N) is 3. The van der Waals surface area contributed by atoms with Gasteiger partial charge in [0.2, 0.25) is 0 Å². The second-order valence-electron chi connectivity index (χ2n) is 4.71. The highest BCUT2D eigenvalue weighted by Crippen LogP contribution is 2.21. The first-order chi connectivity index (χ1) is 9.65. The van der Waals surface area contributed by atoms with E-state index < -0.39 is 6.10 Å². The number of fused-ring (bicyclic) bond motifs is 1. The molecule has 0 amide bonds. The number of aliphatic hydroxyl groups excluding tert-OH is 1. The lowest BCUT2D eigenvalue weighted by molar-refractivity contribution is 0.174. The molecular weight excluding hydrogens is 274 g/mol. The van der Waals surface area contributed by atoms with Gasteiger partial charge in [-0.25, -0.2) is 9.97 Å². The normalized spacial score (nSPS) is 12.8. The highest BCUT2D eigenvalue weighted by Gasteiger charge is 2.14. The molecule has 20 heavy (non-hydrogen) atoms. The Bertz CT molecular complexity index is 736. The molecule has 0 spiro atoms. The van der Waals surface area contributed by atoms with Gasteiger partial charge in [-0.1, -0.05) is 29.8 Å². The van der Waals surface area contributed by atoms with E-state index in [1.54, 1.807) is 18.3 Å². The molecule has 3 rings (SSSR count). The Morgan fingerprint density at radius 2 is 2.05 bits per heavy atom. The predicted molar refractivity (Wildman–Crippen MR) is 78.6 cm³/mol. The van der Waals surface area contributed by atoms with E-state index >= 15 is 0 Å². The number of aliphatic hydroxyl groups is 1. The van der Waals surface area contributed by atoms with Crippen LogP contribution in [0.1, 0.15) is 17.5 Å². The van der Waals surface area contributed by atoms with Crippen molar-refractivity contribution < 1.29 is 5.11 Å². The molecule has 1 atom stereocenters. The lowest BCUT2D eigenvalue weighted by atomic mass is 10.1. The monoisotopic (exact) mass is 287 g/mol. The van der Waals surface area contributed by atoms with Gasteiger partial charge in [-0.05, 0) is 23.8 Å². The maximum Gasteiger partial charge on any atom is 0.129 e. The second-order valence-corrected chi connectivity index (χ2v) is 5.10. The van der Waals surface area contributed by atoms with Crippen LogP contribution in [0.25, 0.3) is 11.0 Å². The minimum atomic E-state index is -0.643. The van der Waals surface area contributed by atoms with E-state index in [1.807, 2.05) is 35.9 Å². The molecule has 2 aromatic heterocycles. The molecule has 0 saturated carbocycles. The van der Waals surface area contributed by atoms with Crippen LogP contribution in [0.2, 0.25) is 5.15 Å². The van der Waals surface area contributed by atoms with E-state index in [9.17, 15) is 5.11 Å². The van der Waals surface area contributed by atoms with Crippen LogP contribution in [0.5, 0.6) is 0 Å². The summed E-state index contributed by atoms with van der Waals surface area (Å²) in [6.07, 6.45) is 1.39. The summed E-state index contributed by atoms with van der Waals surface area (Å²) in [5.41, 5.74) is 2.73. The molecule has 0 aliphatic rings. The Morgan fingerprint density at radius 3 is 2.75 bits per heavy atom. The number of para-hydroxylation sites is 2. The van der Waals surface area contributed by atoms with Gasteiger partial charge in [0.05, 0.1) is 17.1 Å². The summed E-state index contributed by atoms with van der Waals surface area (Å²) in [7, 11) is 1.96. The number of hydrogen-bond acceptors (Lipinski definition) is 3. The Kier molecular flexibility index (Phi) is 3.42. The second kappa shape index (κ2) is 5.23. The largest absolute Gasteiger partial charge is 0.388 e. The molecule has 3 aromatic rings. The molecule has 5 heteroatoms. The highest BCUT2D eigenvalue weighted by atomic mass is 35.5. The van der Waals surface area contributed by atoms with Crippen LogP contribution in [0.4, 0.5) is 0 Å². The first-order valence-electron chi connectivity index (χ1n) is 6.35. The molecule has 102 valence electrons. The fourth-order valence-corrected chi connectivity index (χ4v) is 2.36. The van der Waals surface area contributed by atoms with Crippen LogP contribution >= 0.6 is 11.6 Å². The smallest absolute Gasteiger partial charge is 0.129 e. The maximum atomic E-state index is 10.3. The molecule has 0 fully saturated rings. The van der Waals surface area contributed by atoms with Gasteiger partial charge in [0.25, 0.3) is 0 Å². The quantitative estimate of drug-likeness (QED) is 0.754. The van der Waals surface area contributed by atoms with E-state index in [0.29, 0.717) is 11.6 Å². The Labute approximate surface area is 121 Å². The number of imidazole rings is 1. The molecule has 0 bridgehead atoms. The molecule has 2 heterocycles. The zero-order valence-corrected chi connectivity index (χ0v) is 11.7. The van der Waals surface area contributed by atoms with Gasteiger partial charge in [0.1, 0.15) is 11.0 Å². The molecule has 0 aliphatic heterocycles. The predicted octanol–water partition coefficient (Wildman–Crippen LogP) is 2.90. The van der Waals surface area contributed by atoms with Gasteiger partial charge in [0, 0.05) is 19.7 Å². The fraction of sp³-hybridized carbons (Fsp3) is 0.200. The van der Waals surface area contributed by atoms with E-state index in [4.69, 9.17) is 11.6 Å². The van der Waals surface area contributed by atoms with Crippen LogP contribution in [0.3, 0.4) is 0 Å². The summed E-state index contributed by atoms with van der Waals surface area (Å²) in [5.74, 6) is 0.841. The molecule has 1 unspecified atom stereocenters. The summed E-state index contributed by atoms with van der Waals surface area (Å²) in [6, 6.07) is 11.4. The first kappa shape index (κ1) is 13.1. The van der Waals surface area contributed by atoms with Crippen molar-refractivity contribution in [3.8, 4) is 0 Å². The fourth-order valence-electron chi connectivity index (χ4n) is 2.25. The molecule has 0 radical (unpaired) electrons. The summed E-state index contributed by atoms with van der Waals surface area (Å²) in [6.45, 7) is 0. The lowest BCUT2D eigenvalue weighted by Crippen LogP contribution is -2.07. The van der Waals surface area contributed by atoms with Gasteiger partial charge in [-0.2, -0.15) is 0 Å². The van der Waals surface area contributed by atoms with Crippen LogP contribution < -0.4 is 0 Å². The third-order valence-corrected chi connectivity index (χ3v) is 3.61. The van der Waals surface area contributed by atoms with Gasteiger partial charge in [-0.3, -0.25) is 0 Å². The summed E-state index contributed by atoms with van der Waals surface area (Å²) >= 11 is 5.75. The molecule has 0 aliphatic carbocycles. The van der Waals surface area contributed by atoms with Crippen molar-refractivity contribution in [3.05, 3.63) is 59.1 Å². The van der Waals surface area contributed by atoms with Crippen LogP contribution in [0, 0.1) is 0 Å². The number of rotatable bonds is 3. The number of aromatic nitrogens is 3. The van der Waals surface area contributed by atoms with E-state index in [1.165, 1.54) is 0 Å². The third kappa shape index (κ3) is 2.40. The van der Waals surface area contributed by atoms with Crippen molar-refractivity contribution in [2.75, 3.05) is 0 Å². The summed E-state index contributed by atoms with van der Waals surface area (Å²) in [4.78, 5) is 8.54. The van der Waals surface area contributed by atoms with Gasteiger partial charge < -0.3 is 9.67 Å². The van der Waals surface area contributed by atoms with E-state index in [-0.39, 0.29) is 0 Å². The summed E-state index contributed by atoms with van der Waals surface area (Å²) in [5, 5.41) is 10.7. The number of pyridine rings is 1. The molecular formula is C15H14ClN3O. The first-order valence-corrected chi connectivity index (χ1v) is 6.73. The Balaban J connectivity index is 1.89. The zero-order valence-electron chi connectivity index (χ0n) is 11.0. The number of aryl methyl sites for hydroxylation is 1. The SMILES string of the molecule is Cn1c(CC(O)c2ccc(Cl)nc2)nc2ccccc21. The van der Waals surface area contributed by atoms with Crippen LogP contribution in [0.15, 0.2) is 42.6 Å². The zero-order chi connectivity index (χ0) is 14.1. The number of hydrogen-bond donors (Lipinski definition) is 1. The van der Waals surface area contributed by atoms with Gasteiger partial charge in [0.15, 0.2) is 0 Å². The third-order valence-electron chi connectivity index (χ3n) is 3.39.